The maximum atomic E-state index is 10.4. The van der Waals surface area contributed by atoms with E-state index in [1.54, 1.807) is 0 Å². The van der Waals surface area contributed by atoms with Crippen molar-refractivity contribution in [2.24, 2.45) is 0 Å². The predicted molar refractivity (Wildman–Crippen MR) is 99.5 cm³/mol. The van der Waals surface area contributed by atoms with Crippen LogP contribution in [0.1, 0.15) is 32.3 Å². The molecule has 0 amide bonds. The van der Waals surface area contributed by atoms with Crippen molar-refractivity contribution in [1.29, 1.82) is 0 Å². The molecule has 0 aliphatic carbocycles. The highest BCUT2D eigenvalue weighted by molar-refractivity contribution is 9.10. The Hall–Kier alpha value is -0.203. The highest BCUT2D eigenvalue weighted by atomic mass is 79.9. The van der Waals surface area contributed by atoms with Gasteiger partial charge in [-0.25, -0.2) is 0 Å². The van der Waals surface area contributed by atoms with E-state index < -0.39 is 8.32 Å². The summed E-state index contributed by atoms with van der Waals surface area (Å²) < 4.78 is 1.09. The Bertz CT molecular complexity index is 443. The van der Waals surface area contributed by atoms with Crippen LogP contribution in [0, 0.1) is 0 Å². The summed E-state index contributed by atoms with van der Waals surface area (Å²) in [6.07, 6.45) is 2.06. The Morgan fingerprint density at radius 2 is 1.73 bits per heavy atom. The van der Waals surface area contributed by atoms with Gasteiger partial charge >= 0.3 is 0 Å². The third kappa shape index (κ3) is 6.50. The van der Waals surface area contributed by atoms with Gasteiger partial charge in [0.15, 0.2) is 8.32 Å². The van der Waals surface area contributed by atoms with E-state index >= 15 is 0 Å². The summed E-state index contributed by atoms with van der Waals surface area (Å²) in [5.41, 5.74) is 1.26. The Morgan fingerprint density at radius 3 is 2.23 bits per heavy atom. The molecule has 1 aromatic carbocycles. The van der Waals surface area contributed by atoms with Gasteiger partial charge in [0.1, 0.15) is 0 Å². The molecular weight excluding hydrogens is 358 g/mol. The Kier molecular flexibility index (Phi) is 7.75. The molecule has 0 atom stereocenters. The van der Waals surface area contributed by atoms with Gasteiger partial charge in [0.2, 0.25) is 0 Å². The van der Waals surface area contributed by atoms with Crippen molar-refractivity contribution < 1.29 is 9.90 Å². The number of aliphatic hydroxyl groups excluding tert-OH is 1. The number of hydrogen-bond donors (Lipinski definition) is 2. The van der Waals surface area contributed by atoms with Gasteiger partial charge in [-0.15, -0.1) is 0 Å². The van der Waals surface area contributed by atoms with Gasteiger partial charge in [0.05, 0.1) is 6.61 Å². The molecule has 0 aliphatic heterocycles. The van der Waals surface area contributed by atoms with Crippen LogP contribution in [0.25, 0.3) is 0 Å². The molecule has 2 N–H and O–H groups in total. The van der Waals surface area contributed by atoms with E-state index in [0.29, 0.717) is 6.54 Å². The van der Waals surface area contributed by atoms with Gasteiger partial charge in [0.25, 0.3) is 0 Å². The molecule has 3 nitrogen and oxygen atoms in total. The van der Waals surface area contributed by atoms with Crippen molar-refractivity contribution in [2.75, 3.05) is 19.7 Å². The van der Waals surface area contributed by atoms with Crippen LogP contribution in [0.4, 0.5) is 0 Å². The largest absolute Gasteiger partial charge is 0.432 e. The number of benzene rings is 1. The van der Waals surface area contributed by atoms with E-state index in [0.717, 1.165) is 30.4 Å². The SMILES string of the molecule is CC(C)(CCCN(CCO)Cc1ccc(Br)cc1)[Si](C)(C)O. The number of hydrogen-bond acceptors (Lipinski definition) is 3. The summed E-state index contributed by atoms with van der Waals surface area (Å²) in [6, 6.07) is 8.33. The Labute approximate surface area is 144 Å². The summed E-state index contributed by atoms with van der Waals surface area (Å²) in [5, 5.41) is 9.29. The lowest BCUT2D eigenvalue weighted by atomic mass is 10.1. The summed E-state index contributed by atoms with van der Waals surface area (Å²) in [5.74, 6) is 0. The predicted octanol–water partition coefficient (Wildman–Crippen LogP) is 4.00. The summed E-state index contributed by atoms with van der Waals surface area (Å²) in [6.45, 7) is 11.0. The number of nitrogens with zero attached hydrogens (tertiary/aromatic N) is 1. The first-order valence-corrected chi connectivity index (χ1v) is 11.7. The maximum Gasteiger partial charge on any atom is 0.188 e. The van der Waals surface area contributed by atoms with Gasteiger partial charge in [-0.05, 0) is 55.2 Å². The van der Waals surface area contributed by atoms with Gasteiger partial charge in [-0.3, -0.25) is 4.90 Å². The quantitative estimate of drug-likeness (QED) is 0.629. The van der Waals surface area contributed by atoms with Crippen LogP contribution in [0.5, 0.6) is 0 Å². The van der Waals surface area contributed by atoms with Crippen LogP contribution in [0.15, 0.2) is 28.7 Å². The molecule has 5 heteroatoms. The van der Waals surface area contributed by atoms with E-state index in [4.69, 9.17) is 0 Å². The second-order valence-electron chi connectivity index (χ2n) is 7.17. The molecule has 0 fully saturated rings. The molecule has 1 aromatic rings. The van der Waals surface area contributed by atoms with Crippen molar-refractivity contribution >= 4 is 24.2 Å². The molecule has 22 heavy (non-hydrogen) atoms. The van der Waals surface area contributed by atoms with Gasteiger partial charge in [0, 0.05) is 17.6 Å². The van der Waals surface area contributed by atoms with E-state index in [-0.39, 0.29) is 11.6 Å². The number of rotatable bonds is 9. The van der Waals surface area contributed by atoms with Gasteiger partial charge in [-0.2, -0.15) is 0 Å². The fourth-order valence-electron chi connectivity index (χ4n) is 2.31. The van der Waals surface area contributed by atoms with Crippen molar-refractivity contribution in [2.45, 2.75) is 51.4 Å². The third-order valence-electron chi connectivity index (χ3n) is 4.67. The van der Waals surface area contributed by atoms with Crippen molar-refractivity contribution in [3.05, 3.63) is 34.3 Å². The second-order valence-corrected chi connectivity index (χ2v) is 12.6. The molecule has 0 radical (unpaired) electrons. The standard InChI is InChI=1S/C17H30BrNO2Si/c1-17(2,22(3,4)21)10-5-11-19(12-13-20)14-15-6-8-16(18)9-7-15/h6-9,20-21H,5,10-14H2,1-4H3. The topological polar surface area (TPSA) is 43.7 Å². The lowest BCUT2D eigenvalue weighted by molar-refractivity contribution is 0.186. The second kappa shape index (κ2) is 8.59. The monoisotopic (exact) mass is 387 g/mol. The highest BCUT2D eigenvalue weighted by Gasteiger charge is 2.37. The first kappa shape index (κ1) is 19.8. The van der Waals surface area contributed by atoms with Gasteiger partial charge < -0.3 is 9.90 Å². The Balaban J connectivity index is 2.52. The minimum Gasteiger partial charge on any atom is -0.432 e. The lowest BCUT2D eigenvalue weighted by Gasteiger charge is -2.35. The fourth-order valence-corrected chi connectivity index (χ4v) is 3.36. The highest BCUT2D eigenvalue weighted by Crippen LogP contribution is 2.39. The molecule has 0 unspecified atom stereocenters. The number of halogens is 1. The summed E-state index contributed by atoms with van der Waals surface area (Å²) in [4.78, 5) is 12.6. The molecule has 0 bridgehead atoms. The van der Waals surface area contributed by atoms with E-state index in [9.17, 15) is 9.90 Å². The smallest absolute Gasteiger partial charge is 0.188 e. The van der Waals surface area contributed by atoms with E-state index in [1.807, 2.05) is 13.1 Å². The Morgan fingerprint density at radius 1 is 1.14 bits per heavy atom. The van der Waals surface area contributed by atoms with Crippen LogP contribution in [-0.2, 0) is 6.54 Å². The molecule has 0 heterocycles. The summed E-state index contributed by atoms with van der Waals surface area (Å²) >= 11 is 3.45. The first-order valence-electron chi connectivity index (χ1n) is 7.96. The van der Waals surface area contributed by atoms with Crippen LogP contribution >= 0.6 is 15.9 Å². The zero-order valence-electron chi connectivity index (χ0n) is 14.3. The first-order chi connectivity index (χ1) is 10.2. The van der Waals surface area contributed by atoms with Crippen LogP contribution in [0.2, 0.25) is 18.1 Å². The third-order valence-corrected chi connectivity index (χ3v) is 8.76. The minimum absolute atomic E-state index is 0.0233. The molecular formula is C17H30BrNO2Si. The van der Waals surface area contributed by atoms with Gasteiger partial charge in [-0.1, -0.05) is 41.9 Å². The molecule has 0 aromatic heterocycles. The molecule has 0 aliphatic rings. The van der Waals surface area contributed by atoms with E-state index in [1.165, 1.54) is 5.56 Å². The minimum atomic E-state index is -2.13. The van der Waals surface area contributed by atoms with Crippen LogP contribution in [-0.4, -0.2) is 42.8 Å². The average molecular weight is 388 g/mol. The van der Waals surface area contributed by atoms with E-state index in [2.05, 4.69) is 58.9 Å². The number of aliphatic hydroxyl groups is 1. The molecule has 1 rings (SSSR count). The lowest BCUT2D eigenvalue weighted by Crippen LogP contribution is -2.39. The maximum absolute atomic E-state index is 10.4. The molecule has 0 saturated heterocycles. The molecule has 126 valence electrons. The molecule has 0 saturated carbocycles. The summed E-state index contributed by atoms with van der Waals surface area (Å²) in [7, 11) is -2.13. The van der Waals surface area contributed by atoms with Crippen LogP contribution < -0.4 is 0 Å². The average Bonchev–Trinajstić information content (AvgIpc) is 2.40. The zero-order chi connectivity index (χ0) is 16.8. The molecule has 0 spiro atoms. The zero-order valence-corrected chi connectivity index (χ0v) is 16.9. The van der Waals surface area contributed by atoms with Crippen molar-refractivity contribution in [3.8, 4) is 0 Å². The van der Waals surface area contributed by atoms with Crippen LogP contribution in [0.3, 0.4) is 0 Å². The normalized spacial score (nSPS) is 12.9. The van der Waals surface area contributed by atoms with Crippen molar-refractivity contribution in [1.82, 2.24) is 4.90 Å². The van der Waals surface area contributed by atoms with Crippen molar-refractivity contribution in [3.63, 3.8) is 0 Å². The fraction of sp³-hybridized carbons (Fsp3) is 0.647.